The Labute approximate surface area is 193 Å². The van der Waals surface area contributed by atoms with Crippen LogP contribution in [-0.2, 0) is 19.0 Å². The number of hydrogen-bond acceptors (Lipinski definition) is 3. The molecule has 0 radical (unpaired) electrons. The van der Waals surface area contributed by atoms with Gasteiger partial charge in [0.1, 0.15) is 11.5 Å². The van der Waals surface area contributed by atoms with Gasteiger partial charge in [-0.25, -0.2) is 8.78 Å². The topological polar surface area (TPSA) is 21.7 Å². The van der Waals surface area contributed by atoms with Gasteiger partial charge in [0, 0.05) is 31.1 Å². The van der Waals surface area contributed by atoms with Crippen molar-refractivity contribution in [2.24, 2.45) is 0 Å². The minimum Gasteiger partial charge on any atom is -0.495 e. The van der Waals surface area contributed by atoms with Crippen LogP contribution in [-0.4, -0.2) is 13.2 Å². The third-order valence-electron chi connectivity index (χ3n) is 5.00. The van der Waals surface area contributed by atoms with Gasteiger partial charge in [-0.15, -0.1) is 0 Å². The molecule has 0 bridgehead atoms. The predicted molar refractivity (Wildman–Crippen MR) is 126 cm³/mol. The van der Waals surface area contributed by atoms with Crippen molar-refractivity contribution >= 4 is 17.3 Å². The lowest BCUT2D eigenvalue weighted by Gasteiger charge is -2.28. The first kappa shape index (κ1) is 23.9. The van der Waals surface area contributed by atoms with E-state index in [1.807, 2.05) is 62.4 Å². The summed E-state index contributed by atoms with van der Waals surface area (Å²) in [6, 6.07) is 20.3. The Morgan fingerprint density at radius 3 is 2.22 bits per heavy atom. The van der Waals surface area contributed by atoms with E-state index in [4.69, 9.17) is 21.1 Å². The van der Waals surface area contributed by atoms with Gasteiger partial charge in [0.15, 0.2) is 0 Å². The van der Waals surface area contributed by atoms with E-state index in [1.54, 1.807) is 19.2 Å². The summed E-state index contributed by atoms with van der Waals surface area (Å²) in [5, 5.41) is 0.0542. The number of hydrogen-bond donors (Lipinski definition) is 0. The van der Waals surface area contributed by atoms with Crippen LogP contribution in [0.1, 0.15) is 37.5 Å². The van der Waals surface area contributed by atoms with Gasteiger partial charge in [0.05, 0.1) is 23.9 Å². The maximum atomic E-state index is 13.8. The molecule has 0 saturated carbocycles. The Hall–Kier alpha value is -2.79. The molecule has 0 aromatic heterocycles. The monoisotopic (exact) mass is 459 g/mol. The molecular weight excluding hydrogens is 432 g/mol. The summed E-state index contributed by atoms with van der Waals surface area (Å²) in [6.45, 7) is 5.81. The van der Waals surface area contributed by atoms with E-state index < -0.39 is 5.92 Å². The highest BCUT2D eigenvalue weighted by Crippen LogP contribution is 2.35. The van der Waals surface area contributed by atoms with E-state index in [0.717, 1.165) is 35.2 Å². The Morgan fingerprint density at radius 1 is 0.938 bits per heavy atom. The van der Waals surface area contributed by atoms with E-state index in [1.165, 1.54) is 6.07 Å². The standard InChI is InChI=1S/C26H28ClF2NO2/c1-18(2)32-24-11-7-5-9-20(24)17-30(23-10-6-8-12-25(23)31-4)16-19-13-14-21(22(27)15-19)26(3,28)29/h5-15,18H,16-17H2,1-4H3. The molecule has 0 amide bonds. The third kappa shape index (κ3) is 5.92. The summed E-state index contributed by atoms with van der Waals surface area (Å²) in [5.74, 6) is -1.47. The van der Waals surface area contributed by atoms with Gasteiger partial charge in [-0.3, -0.25) is 0 Å². The third-order valence-corrected chi connectivity index (χ3v) is 5.31. The Kier molecular flexibility index (Phi) is 7.62. The molecular formula is C26H28ClF2NO2. The number of benzene rings is 3. The quantitative estimate of drug-likeness (QED) is 0.331. The molecule has 0 saturated heterocycles. The van der Waals surface area contributed by atoms with Crippen molar-refractivity contribution in [3.05, 3.63) is 88.4 Å². The molecule has 0 spiro atoms. The van der Waals surface area contributed by atoms with Gasteiger partial charge in [0.2, 0.25) is 0 Å². The highest BCUT2D eigenvalue weighted by Gasteiger charge is 2.27. The lowest BCUT2D eigenvalue weighted by atomic mass is 10.1. The fourth-order valence-electron chi connectivity index (χ4n) is 3.56. The predicted octanol–water partition coefficient (Wildman–Crippen LogP) is 7.45. The molecule has 0 aliphatic carbocycles. The molecule has 0 heterocycles. The van der Waals surface area contributed by atoms with E-state index in [0.29, 0.717) is 13.1 Å². The highest BCUT2D eigenvalue weighted by molar-refractivity contribution is 6.31. The number of para-hydroxylation sites is 3. The maximum Gasteiger partial charge on any atom is 0.271 e. The number of nitrogens with zero attached hydrogens (tertiary/aromatic N) is 1. The van der Waals surface area contributed by atoms with Crippen LogP contribution in [0.3, 0.4) is 0 Å². The smallest absolute Gasteiger partial charge is 0.271 e. The van der Waals surface area contributed by atoms with Gasteiger partial charge < -0.3 is 14.4 Å². The molecule has 170 valence electrons. The SMILES string of the molecule is COc1ccccc1N(Cc1ccc(C(C)(F)F)c(Cl)c1)Cc1ccccc1OC(C)C. The first-order valence-electron chi connectivity index (χ1n) is 10.5. The molecule has 32 heavy (non-hydrogen) atoms. The molecule has 6 heteroatoms. The molecule has 3 rings (SSSR count). The average Bonchev–Trinajstić information content (AvgIpc) is 2.73. The summed E-state index contributed by atoms with van der Waals surface area (Å²) in [4.78, 5) is 2.12. The van der Waals surface area contributed by atoms with Crippen LogP contribution < -0.4 is 14.4 Å². The first-order valence-corrected chi connectivity index (χ1v) is 10.9. The highest BCUT2D eigenvalue weighted by atomic mass is 35.5. The Bertz CT molecular complexity index is 1050. The van der Waals surface area contributed by atoms with Crippen molar-refractivity contribution in [3.8, 4) is 11.5 Å². The minimum absolute atomic E-state index is 0.0397. The summed E-state index contributed by atoms with van der Waals surface area (Å²) in [5.41, 5.74) is 2.53. The molecule has 0 atom stereocenters. The van der Waals surface area contributed by atoms with Crippen molar-refractivity contribution in [1.82, 2.24) is 0 Å². The fourth-order valence-corrected chi connectivity index (χ4v) is 3.93. The van der Waals surface area contributed by atoms with Crippen molar-refractivity contribution in [3.63, 3.8) is 0 Å². The van der Waals surface area contributed by atoms with Gasteiger partial charge in [-0.2, -0.15) is 0 Å². The molecule has 3 aromatic rings. The van der Waals surface area contributed by atoms with E-state index in [9.17, 15) is 8.78 Å². The molecule has 0 aliphatic rings. The average molecular weight is 460 g/mol. The van der Waals surface area contributed by atoms with Crippen molar-refractivity contribution in [1.29, 1.82) is 0 Å². The second-order valence-electron chi connectivity index (χ2n) is 8.00. The summed E-state index contributed by atoms with van der Waals surface area (Å²) in [7, 11) is 1.63. The van der Waals surface area contributed by atoms with E-state index in [2.05, 4.69) is 4.90 Å². The van der Waals surface area contributed by atoms with Gasteiger partial charge in [-0.1, -0.05) is 54.1 Å². The maximum absolute atomic E-state index is 13.8. The Morgan fingerprint density at radius 2 is 1.59 bits per heavy atom. The zero-order valence-electron chi connectivity index (χ0n) is 18.7. The zero-order valence-corrected chi connectivity index (χ0v) is 19.5. The molecule has 0 N–H and O–H groups in total. The molecule has 3 nitrogen and oxygen atoms in total. The number of ether oxygens (including phenoxy) is 2. The summed E-state index contributed by atoms with van der Waals surface area (Å²) >= 11 is 6.20. The normalized spacial score (nSPS) is 11.5. The fraction of sp³-hybridized carbons (Fsp3) is 0.308. The molecule has 0 aliphatic heterocycles. The van der Waals surface area contributed by atoms with Crippen molar-refractivity contribution in [2.45, 2.75) is 45.9 Å². The van der Waals surface area contributed by atoms with E-state index >= 15 is 0 Å². The van der Waals surface area contributed by atoms with Gasteiger partial charge in [-0.05, 0) is 43.7 Å². The lowest BCUT2D eigenvalue weighted by Crippen LogP contribution is -2.23. The van der Waals surface area contributed by atoms with Crippen LogP contribution in [0.15, 0.2) is 66.7 Å². The van der Waals surface area contributed by atoms with Crippen LogP contribution in [0.2, 0.25) is 5.02 Å². The zero-order chi connectivity index (χ0) is 23.3. The second-order valence-corrected chi connectivity index (χ2v) is 8.41. The number of halogens is 3. The van der Waals surface area contributed by atoms with E-state index in [-0.39, 0.29) is 16.7 Å². The lowest BCUT2D eigenvalue weighted by molar-refractivity contribution is 0.0176. The van der Waals surface area contributed by atoms with Crippen LogP contribution in [0.25, 0.3) is 0 Å². The number of rotatable bonds is 9. The van der Waals surface area contributed by atoms with Crippen molar-refractivity contribution < 1.29 is 18.3 Å². The molecule has 3 aromatic carbocycles. The number of methoxy groups -OCH3 is 1. The minimum atomic E-state index is -2.99. The number of anilines is 1. The van der Waals surface area contributed by atoms with Gasteiger partial charge in [0.25, 0.3) is 5.92 Å². The Balaban J connectivity index is 1.99. The number of alkyl halides is 2. The van der Waals surface area contributed by atoms with Crippen LogP contribution >= 0.6 is 11.6 Å². The van der Waals surface area contributed by atoms with Crippen LogP contribution in [0.5, 0.6) is 11.5 Å². The molecule has 0 unspecified atom stereocenters. The molecule has 0 fully saturated rings. The first-order chi connectivity index (χ1) is 15.2. The van der Waals surface area contributed by atoms with Gasteiger partial charge >= 0.3 is 0 Å². The summed E-state index contributed by atoms with van der Waals surface area (Å²) < 4.78 is 39.2. The second kappa shape index (κ2) is 10.2. The van der Waals surface area contributed by atoms with Crippen LogP contribution in [0.4, 0.5) is 14.5 Å². The van der Waals surface area contributed by atoms with Crippen molar-refractivity contribution in [2.75, 3.05) is 12.0 Å². The summed E-state index contributed by atoms with van der Waals surface area (Å²) in [6.07, 6.45) is 0.0397. The van der Waals surface area contributed by atoms with Crippen LogP contribution in [0, 0.1) is 0 Å². The largest absolute Gasteiger partial charge is 0.495 e.